The Labute approximate surface area is 87.8 Å². The minimum Gasteiger partial charge on any atom is -0.101 e. The molecule has 2 heteroatoms. The fourth-order valence-corrected chi connectivity index (χ4v) is 2.14. The number of alkyl halides is 2. The van der Waals surface area contributed by atoms with Crippen LogP contribution in [0.5, 0.6) is 0 Å². The first-order chi connectivity index (χ1) is 5.67. The van der Waals surface area contributed by atoms with Crippen molar-refractivity contribution in [3.63, 3.8) is 0 Å². The molecule has 0 saturated heterocycles. The quantitative estimate of drug-likeness (QED) is 0.656. The third-order valence-corrected chi connectivity index (χ3v) is 3.39. The molecule has 0 aromatic carbocycles. The fraction of sp³-hybridized carbons (Fsp3) is 0.600. The smallest absolute Gasteiger partial charge is 0.101 e. The van der Waals surface area contributed by atoms with Crippen LogP contribution in [0.25, 0.3) is 0 Å². The highest BCUT2D eigenvalue weighted by molar-refractivity contribution is 9.10. The van der Waals surface area contributed by atoms with Crippen LogP contribution in [0.1, 0.15) is 26.2 Å². The standard InChI is InChI=1S/C10H14BrCl/c1-2-3-6-9-7-4-5-8-10(9,11)12/h4-5,7-9H,2-3,6H2,1H3. The Morgan fingerprint density at radius 2 is 2.25 bits per heavy atom. The third-order valence-electron chi connectivity index (χ3n) is 2.14. The van der Waals surface area contributed by atoms with Crippen molar-refractivity contribution in [2.75, 3.05) is 0 Å². The van der Waals surface area contributed by atoms with E-state index < -0.39 is 0 Å². The first-order valence-corrected chi connectivity index (χ1v) is 5.57. The molecule has 0 saturated carbocycles. The summed E-state index contributed by atoms with van der Waals surface area (Å²) in [5.41, 5.74) is 0. The summed E-state index contributed by atoms with van der Waals surface area (Å²) in [6, 6.07) is 0. The van der Waals surface area contributed by atoms with Gasteiger partial charge in [-0.2, -0.15) is 0 Å². The average molecular weight is 250 g/mol. The molecule has 1 aliphatic rings. The van der Waals surface area contributed by atoms with E-state index in [-0.39, 0.29) is 3.78 Å². The van der Waals surface area contributed by atoms with Gasteiger partial charge in [-0.05, 0) is 6.42 Å². The lowest BCUT2D eigenvalue weighted by Gasteiger charge is -2.26. The maximum absolute atomic E-state index is 6.25. The Balaban J connectivity index is 2.52. The van der Waals surface area contributed by atoms with Crippen LogP contribution in [0.15, 0.2) is 24.3 Å². The molecule has 0 aromatic heterocycles. The van der Waals surface area contributed by atoms with Crippen LogP contribution in [0.2, 0.25) is 0 Å². The number of unbranched alkanes of at least 4 members (excludes halogenated alkanes) is 1. The summed E-state index contributed by atoms with van der Waals surface area (Å²) in [6.45, 7) is 2.20. The van der Waals surface area contributed by atoms with Crippen molar-refractivity contribution in [2.24, 2.45) is 5.92 Å². The predicted molar refractivity (Wildman–Crippen MR) is 58.8 cm³/mol. The van der Waals surface area contributed by atoms with Crippen molar-refractivity contribution in [1.29, 1.82) is 0 Å². The van der Waals surface area contributed by atoms with E-state index in [1.807, 2.05) is 12.2 Å². The summed E-state index contributed by atoms with van der Waals surface area (Å²) in [6.07, 6.45) is 11.9. The predicted octanol–water partition coefficient (Wildman–Crippen LogP) is 4.25. The lowest BCUT2D eigenvalue weighted by Crippen LogP contribution is -2.22. The third kappa shape index (κ3) is 2.63. The Morgan fingerprint density at radius 1 is 1.50 bits per heavy atom. The van der Waals surface area contributed by atoms with E-state index in [0.29, 0.717) is 5.92 Å². The second-order valence-corrected chi connectivity index (χ2v) is 5.56. The van der Waals surface area contributed by atoms with Gasteiger partial charge in [-0.25, -0.2) is 0 Å². The van der Waals surface area contributed by atoms with E-state index >= 15 is 0 Å². The molecule has 0 fully saturated rings. The first kappa shape index (κ1) is 10.3. The summed E-state index contributed by atoms with van der Waals surface area (Å²) in [5.74, 6) is 0.434. The first-order valence-electron chi connectivity index (χ1n) is 4.40. The van der Waals surface area contributed by atoms with Crippen molar-refractivity contribution in [2.45, 2.75) is 30.0 Å². The van der Waals surface area contributed by atoms with Crippen molar-refractivity contribution in [1.82, 2.24) is 0 Å². The van der Waals surface area contributed by atoms with Crippen LogP contribution in [0, 0.1) is 5.92 Å². The highest BCUT2D eigenvalue weighted by Crippen LogP contribution is 2.39. The number of hydrogen-bond acceptors (Lipinski definition) is 0. The second kappa shape index (κ2) is 4.48. The molecule has 1 aliphatic carbocycles. The van der Waals surface area contributed by atoms with Crippen LogP contribution in [-0.2, 0) is 0 Å². The molecular formula is C10H14BrCl. The summed E-state index contributed by atoms with van der Waals surface area (Å²) in [5, 5.41) is 0. The lowest BCUT2D eigenvalue weighted by molar-refractivity contribution is 0.547. The van der Waals surface area contributed by atoms with Gasteiger partial charge in [0.1, 0.15) is 3.78 Å². The van der Waals surface area contributed by atoms with Gasteiger partial charge in [-0.1, -0.05) is 60.0 Å². The highest BCUT2D eigenvalue weighted by Gasteiger charge is 2.30. The summed E-state index contributed by atoms with van der Waals surface area (Å²) >= 11 is 9.77. The molecular weight excluding hydrogens is 235 g/mol. The number of allylic oxidation sites excluding steroid dienone is 4. The van der Waals surface area contributed by atoms with Gasteiger partial charge in [0.15, 0.2) is 0 Å². The summed E-state index contributed by atoms with van der Waals surface area (Å²) in [7, 11) is 0. The molecule has 0 N–H and O–H groups in total. The zero-order valence-electron chi connectivity index (χ0n) is 7.26. The molecule has 0 aromatic rings. The fourth-order valence-electron chi connectivity index (χ4n) is 1.35. The van der Waals surface area contributed by atoms with E-state index in [4.69, 9.17) is 11.6 Å². The molecule has 0 bridgehead atoms. The monoisotopic (exact) mass is 248 g/mol. The molecule has 2 unspecified atom stereocenters. The number of halogens is 2. The Morgan fingerprint density at radius 3 is 2.83 bits per heavy atom. The molecule has 68 valence electrons. The van der Waals surface area contributed by atoms with E-state index in [1.165, 1.54) is 12.8 Å². The molecule has 0 nitrogen and oxygen atoms in total. The van der Waals surface area contributed by atoms with Gasteiger partial charge in [0.05, 0.1) is 0 Å². The van der Waals surface area contributed by atoms with Gasteiger partial charge < -0.3 is 0 Å². The molecule has 2 atom stereocenters. The highest BCUT2D eigenvalue weighted by atomic mass is 79.9. The normalized spacial score (nSPS) is 34.1. The zero-order chi connectivity index (χ0) is 9.03. The maximum atomic E-state index is 6.25. The maximum Gasteiger partial charge on any atom is 0.124 e. The average Bonchev–Trinajstić information content (AvgIpc) is 2.02. The summed E-state index contributed by atoms with van der Waals surface area (Å²) in [4.78, 5) is 0. The van der Waals surface area contributed by atoms with Gasteiger partial charge in [-0.3, -0.25) is 0 Å². The van der Waals surface area contributed by atoms with Gasteiger partial charge in [0.25, 0.3) is 0 Å². The lowest BCUT2D eigenvalue weighted by atomic mass is 9.94. The van der Waals surface area contributed by atoms with Crippen LogP contribution >= 0.6 is 27.5 Å². The minimum absolute atomic E-state index is 0.336. The molecule has 0 aliphatic heterocycles. The molecule has 1 rings (SSSR count). The molecule has 0 heterocycles. The van der Waals surface area contributed by atoms with Crippen LogP contribution in [0.4, 0.5) is 0 Å². The van der Waals surface area contributed by atoms with Crippen molar-refractivity contribution in [3.8, 4) is 0 Å². The molecule has 0 amide bonds. The second-order valence-electron chi connectivity index (χ2n) is 3.17. The van der Waals surface area contributed by atoms with Crippen LogP contribution in [-0.4, -0.2) is 3.78 Å². The Kier molecular flexibility index (Phi) is 3.85. The topological polar surface area (TPSA) is 0 Å². The van der Waals surface area contributed by atoms with E-state index in [0.717, 1.165) is 6.42 Å². The molecule has 12 heavy (non-hydrogen) atoms. The molecule has 0 spiro atoms. The van der Waals surface area contributed by atoms with Crippen LogP contribution < -0.4 is 0 Å². The van der Waals surface area contributed by atoms with Crippen molar-refractivity contribution >= 4 is 27.5 Å². The van der Waals surface area contributed by atoms with Gasteiger partial charge in [-0.15, -0.1) is 11.6 Å². The van der Waals surface area contributed by atoms with E-state index in [2.05, 4.69) is 35.0 Å². The number of hydrogen-bond donors (Lipinski definition) is 0. The number of rotatable bonds is 3. The van der Waals surface area contributed by atoms with E-state index in [1.54, 1.807) is 0 Å². The summed E-state index contributed by atoms with van der Waals surface area (Å²) < 4.78 is -0.336. The van der Waals surface area contributed by atoms with Crippen molar-refractivity contribution in [3.05, 3.63) is 24.3 Å². The van der Waals surface area contributed by atoms with Gasteiger partial charge in [0.2, 0.25) is 0 Å². The minimum atomic E-state index is -0.336. The van der Waals surface area contributed by atoms with Gasteiger partial charge >= 0.3 is 0 Å². The van der Waals surface area contributed by atoms with Gasteiger partial charge in [0, 0.05) is 5.92 Å². The van der Waals surface area contributed by atoms with Crippen LogP contribution in [0.3, 0.4) is 0 Å². The molecule has 0 radical (unpaired) electrons. The van der Waals surface area contributed by atoms with Crippen molar-refractivity contribution < 1.29 is 0 Å². The Hall–Kier alpha value is 0.250. The SMILES string of the molecule is CCCCC1C=CC=CC1(Cl)Br. The zero-order valence-corrected chi connectivity index (χ0v) is 9.61. The largest absolute Gasteiger partial charge is 0.124 e. The van der Waals surface area contributed by atoms with E-state index in [9.17, 15) is 0 Å². The Bertz CT molecular complexity index is 194.